The second kappa shape index (κ2) is 8.30. The Balaban J connectivity index is 1.45. The third kappa shape index (κ3) is 4.21. The largest absolute Gasteiger partial charge is 0.357 e. The van der Waals surface area contributed by atoms with Crippen LogP contribution in [0.1, 0.15) is 25.0 Å². The third-order valence-electron chi connectivity index (χ3n) is 4.89. The highest BCUT2D eigenvalue weighted by Gasteiger charge is 2.14. The lowest BCUT2D eigenvalue weighted by Crippen LogP contribution is -2.30. The number of hydrogen-bond acceptors (Lipinski definition) is 5. The quantitative estimate of drug-likeness (QED) is 0.553. The molecule has 150 valence electrons. The van der Waals surface area contributed by atoms with E-state index in [0.717, 1.165) is 30.7 Å². The fraction of sp³-hybridized carbons (Fsp3) is 0.238. The molecule has 0 aliphatic carbocycles. The van der Waals surface area contributed by atoms with Gasteiger partial charge in [-0.15, -0.1) is 0 Å². The number of piperidine rings is 1. The van der Waals surface area contributed by atoms with Crippen molar-refractivity contribution in [3.63, 3.8) is 0 Å². The molecule has 29 heavy (non-hydrogen) atoms. The van der Waals surface area contributed by atoms with E-state index in [-0.39, 0.29) is 5.69 Å². The smallest absolute Gasteiger partial charge is 0.182 e. The lowest BCUT2D eigenvalue weighted by molar-refractivity contribution is 0.512. The highest BCUT2D eigenvalue weighted by molar-refractivity contribution is 5.81. The normalized spacial score (nSPS) is 13.9. The average Bonchev–Trinajstić information content (AvgIpc) is 3.21. The van der Waals surface area contributed by atoms with Gasteiger partial charge in [-0.1, -0.05) is 12.6 Å². The van der Waals surface area contributed by atoms with E-state index in [2.05, 4.69) is 37.3 Å². The van der Waals surface area contributed by atoms with Crippen molar-refractivity contribution in [2.75, 3.05) is 28.6 Å². The Bertz CT molecular complexity index is 993. The van der Waals surface area contributed by atoms with E-state index >= 15 is 0 Å². The van der Waals surface area contributed by atoms with Gasteiger partial charge in [-0.3, -0.25) is 5.10 Å². The number of nitrogens with one attached hydrogen (secondary N) is 3. The van der Waals surface area contributed by atoms with Crippen LogP contribution in [0, 0.1) is 11.6 Å². The minimum absolute atomic E-state index is 0.0213. The third-order valence-corrected chi connectivity index (χ3v) is 4.89. The fourth-order valence-corrected chi connectivity index (χ4v) is 3.36. The van der Waals surface area contributed by atoms with Gasteiger partial charge in [0.05, 0.1) is 35.2 Å². The maximum absolute atomic E-state index is 13.9. The van der Waals surface area contributed by atoms with Gasteiger partial charge in [0, 0.05) is 13.1 Å². The Morgan fingerprint density at radius 1 is 1.03 bits per heavy atom. The molecule has 6 nitrogen and oxygen atoms in total. The first-order chi connectivity index (χ1) is 14.1. The second-order valence-corrected chi connectivity index (χ2v) is 6.94. The Hall–Kier alpha value is -3.42. The summed E-state index contributed by atoms with van der Waals surface area (Å²) >= 11 is 0. The molecule has 1 aliphatic rings. The van der Waals surface area contributed by atoms with E-state index in [4.69, 9.17) is 0 Å². The van der Waals surface area contributed by atoms with Crippen LogP contribution in [0.15, 0.2) is 49.3 Å². The highest BCUT2D eigenvalue weighted by Crippen LogP contribution is 2.27. The summed E-state index contributed by atoms with van der Waals surface area (Å²) in [4.78, 5) is 6.82. The van der Waals surface area contributed by atoms with Crippen LogP contribution in [0.25, 0.3) is 5.70 Å². The van der Waals surface area contributed by atoms with Crippen molar-refractivity contribution in [1.29, 1.82) is 0 Å². The van der Waals surface area contributed by atoms with Gasteiger partial charge in [-0.2, -0.15) is 5.10 Å². The molecule has 1 saturated heterocycles. The number of pyridine rings is 1. The number of nitrogens with zero attached hydrogens (tertiary/aromatic N) is 3. The van der Waals surface area contributed by atoms with Crippen molar-refractivity contribution >= 4 is 28.6 Å². The Kier molecular flexibility index (Phi) is 5.41. The maximum atomic E-state index is 13.9. The summed E-state index contributed by atoms with van der Waals surface area (Å²) in [5.41, 5.74) is 2.33. The average molecular weight is 396 g/mol. The molecule has 1 fully saturated rings. The van der Waals surface area contributed by atoms with E-state index in [0.29, 0.717) is 17.1 Å². The van der Waals surface area contributed by atoms with E-state index in [1.165, 1.54) is 37.6 Å². The predicted molar refractivity (Wildman–Crippen MR) is 111 cm³/mol. The number of aromatic amines is 1. The van der Waals surface area contributed by atoms with Crippen molar-refractivity contribution in [2.24, 2.45) is 0 Å². The molecule has 3 aromatic rings. The standard InChI is InChI=1S/C21H22F2N6/c1-14(26-15-8-9-19(24-12-15)29-10-3-2-4-11-29)21-18(13-25-28-21)27-17-7-5-6-16(22)20(17)23/h5-9,12-13,26-27H,1-4,10-11H2,(H,25,28). The highest BCUT2D eigenvalue weighted by atomic mass is 19.2. The van der Waals surface area contributed by atoms with Crippen LogP contribution in [0.3, 0.4) is 0 Å². The number of halogens is 2. The van der Waals surface area contributed by atoms with Crippen molar-refractivity contribution in [3.05, 3.63) is 66.6 Å². The first kappa shape index (κ1) is 18.9. The van der Waals surface area contributed by atoms with Crippen LogP contribution in [0.5, 0.6) is 0 Å². The monoisotopic (exact) mass is 396 g/mol. The number of anilines is 4. The van der Waals surface area contributed by atoms with Crippen LogP contribution in [-0.4, -0.2) is 28.3 Å². The van der Waals surface area contributed by atoms with Crippen molar-refractivity contribution in [2.45, 2.75) is 19.3 Å². The Labute approximate surface area is 167 Å². The molecule has 8 heteroatoms. The molecule has 0 amide bonds. The summed E-state index contributed by atoms with van der Waals surface area (Å²) in [6.45, 7) is 6.09. The molecule has 3 heterocycles. The number of benzene rings is 1. The van der Waals surface area contributed by atoms with Gasteiger partial charge in [-0.25, -0.2) is 13.8 Å². The second-order valence-electron chi connectivity index (χ2n) is 6.94. The van der Waals surface area contributed by atoms with Gasteiger partial charge in [0.25, 0.3) is 0 Å². The molecule has 3 N–H and O–H groups in total. The molecule has 4 rings (SSSR count). The molecule has 2 aromatic heterocycles. The van der Waals surface area contributed by atoms with Crippen molar-refractivity contribution in [1.82, 2.24) is 15.2 Å². The van der Waals surface area contributed by atoms with E-state index in [1.54, 1.807) is 6.20 Å². The first-order valence-corrected chi connectivity index (χ1v) is 9.53. The minimum Gasteiger partial charge on any atom is -0.357 e. The van der Waals surface area contributed by atoms with Crippen LogP contribution in [0.2, 0.25) is 0 Å². The zero-order valence-electron chi connectivity index (χ0n) is 15.9. The van der Waals surface area contributed by atoms with Gasteiger partial charge in [0.2, 0.25) is 0 Å². The zero-order chi connectivity index (χ0) is 20.2. The molecule has 1 aromatic carbocycles. The number of H-pyrrole nitrogens is 1. The van der Waals surface area contributed by atoms with E-state index in [9.17, 15) is 8.78 Å². The van der Waals surface area contributed by atoms with Crippen LogP contribution < -0.4 is 15.5 Å². The summed E-state index contributed by atoms with van der Waals surface area (Å²) in [5.74, 6) is -0.904. The van der Waals surface area contributed by atoms with Crippen LogP contribution in [-0.2, 0) is 0 Å². The zero-order valence-corrected chi connectivity index (χ0v) is 15.9. The topological polar surface area (TPSA) is 68.9 Å². The Morgan fingerprint density at radius 2 is 1.86 bits per heavy atom. The van der Waals surface area contributed by atoms with Crippen molar-refractivity contribution in [3.8, 4) is 0 Å². The summed E-state index contributed by atoms with van der Waals surface area (Å²) in [7, 11) is 0. The van der Waals surface area contributed by atoms with E-state index < -0.39 is 11.6 Å². The molecule has 0 unspecified atom stereocenters. The summed E-state index contributed by atoms with van der Waals surface area (Å²) < 4.78 is 27.4. The van der Waals surface area contributed by atoms with Gasteiger partial charge >= 0.3 is 0 Å². The summed E-state index contributed by atoms with van der Waals surface area (Å²) in [6, 6.07) is 7.88. The van der Waals surface area contributed by atoms with Gasteiger partial charge in [0.15, 0.2) is 11.6 Å². The number of aromatic nitrogens is 3. The van der Waals surface area contributed by atoms with Crippen molar-refractivity contribution < 1.29 is 8.78 Å². The van der Waals surface area contributed by atoms with Crippen LogP contribution >= 0.6 is 0 Å². The molecule has 0 spiro atoms. The van der Waals surface area contributed by atoms with Gasteiger partial charge in [0.1, 0.15) is 11.5 Å². The Morgan fingerprint density at radius 3 is 2.62 bits per heavy atom. The first-order valence-electron chi connectivity index (χ1n) is 9.53. The molecule has 0 bridgehead atoms. The van der Waals surface area contributed by atoms with Gasteiger partial charge < -0.3 is 15.5 Å². The molecule has 0 radical (unpaired) electrons. The maximum Gasteiger partial charge on any atom is 0.182 e. The molecular formula is C21H22F2N6. The number of hydrogen-bond donors (Lipinski definition) is 3. The molecule has 0 saturated carbocycles. The molecular weight excluding hydrogens is 374 g/mol. The summed E-state index contributed by atoms with van der Waals surface area (Å²) in [6.07, 6.45) is 6.91. The van der Waals surface area contributed by atoms with E-state index in [1.807, 2.05) is 12.1 Å². The molecule has 1 aliphatic heterocycles. The number of rotatable bonds is 6. The van der Waals surface area contributed by atoms with Gasteiger partial charge in [-0.05, 0) is 43.5 Å². The lowest BCUT2D eigenvalue weighted by Gasteiger charge is -2.27. The fourth-order valence-electron chi connectivity index (χ4n) is 3.36. The SMILES string of the molecule is C=C(Nc1ccc(N2CCCCC2)nc1)c1[nH]ncc1Nc1cccc(F)c1F. The summed E-state index contributed by atoms with van der Waals surface area (Å²) in [5, 5.41) is 12.8. The van der Waals surface area contributed by atoms with Crippen LogP contribution in [0.4, 0.5) is 31.7 Å². The molecule has 0 atom stereocenters. The lowest BCUT2D eigenvalue weighted by atomic mass is 10.1. The minimum atomic E-state index is -0.948. The predicted octanol–water partition coefficient (Wildman–Crippen LogP) is 4.90.